The third kappa shape index (κ3) is 7.78. The zero-order valence-electron chi connectivity index (χ0n) is 18.5. The van der Waals surface area contributed by atoms with Crippen molar-refractivity contribution in [1.29, 1.82) is 0 Å². The molecule has 3 atom stereocenters. The Kier molecular flexibility index (Phi) is 8.66. The molecule has 0 radical (unpaired) electrons. The second-order valence-corrected chi connectivity index (χ2v) is 7.68. The molecule has 15 nitrogen and oxygen atoms in total. The van der Waals surface area contributed by atoms with Crippen LogP contribution in [0.4, 0.5) is 0 Å². The number of carbonyl (C=O) groups excluding carboxylic acids is 3. The van der Waals surface area contributed by atoms with E-state index in [1.54, 1.807) is 0 Å². The number of imidazole rings is 3. The first-order valence-electron chi connectivity index (χ1n) is 10.6. The molecule has 3 aromatic heterocycles. The molecule has 0 saturated carbocycles. The van der Waals surface area contributed by atoms with E-state index in [1.165, 1.54) is 37.6 Å². The molecular weight excluding hydrogens is 460 g/mol. The van der Waals surface area contributed by atoms with Gasteiger partial charge in [-0.15, -0.1) is 0 Å². The summed E-state index contributed by atoms with van der Waals surface area (Å²) >= 11 is 0. The molecule has 186 valence electrons. The number of hydrogen-bond acceptors (Lipinski definition) is 8. The maximum absolute atomic E-state index is 13.2. The molecule has 0 unspecified atom stereocenters. The number of aromatic nitrogens is 6. The number of amides is 3. The Hall–Kier alpha value is -4.53. The van der Waals surface area contributed by atoms with Crippen molar-refractivity contribution in [3.05, 3.63) is 54.7 Å². The molecule has 3 amide bonds. The highest BCUT2D eigenvalue weighted by atomic mass is 16.4. The Balaban J connectivity index is 1.72. The number of nitrogens with zero attached hydrogens (tertiary/aromatic N) is 3. The van der Waals surface area contributed by atoms with Gasteiger partial charge in [0.25, 0.3) is 0 Å². The van der Waals surface area contributed by atoms with Crippen LogP contribution in [-0.4, -0.2) is 83.4 Å². The lowest BCUT2D eigenvalue weighted by Gasteiger charge is -2.23. The number of H-pyrrole nitrogens is 3. The second-order valence-electron chi connectivity index (χ2n) is 7.68. The molecule has 0 aliphatic heterocycles. The van der Waals surface area contributed by atoms with E-state index in [9.17, 15) is 19.2 Å². The van der Waals surface area contributed by atoms with Gasteiger partial charge in [0.05, 0.1) is 25.0 Å². The third-order valence-electron chi connectivity index (χ3n) is 4.97. The summed E-state index contributed by atoms with van der Waals surface area (Å²) in [6.45, 7) is -0.620. The number of carboxylic acids is 1. The number of carbonyl (C=O) groups is 4. The quantitative estimate of drug-likeness (QED) is 0.126. The van der Waals surface area contributed by atoms with Gasteiger partial charge in [-0.3, -0.25) is 19.2 Å². The minimum Gasteiger partial charge on any atom is -0.480 e. The fraction of sp³-hybridized carbons (Fsp3) is 0.350. The van der Waals surface area contributed by atoms with Crippen LogP contribution in [-0.2, 0) is 38.4 Å². The predicted molar refractivity (Wildman–Crippen MR) is 119 cm³/mol. The average Bonchev–Trinajstić information content (AvgIpc) is 3.60. The largest absolute Gasteiger partial charge is 0.480 e. The van der Waals surface area contributed by atoms with Crippen molar-refractivity contribution in [3.63, 3.8) is 0 Å². The summed E-state index contributed by atoms with van der Waals surface area (Å²) in [5, 5.41) is 16.3. The Labute approximate surface area is 198 Å². The van der Waals surface area contributed by atoms with E-state index in [0.717, 1.165) is 0 Å². The van der Waals surface area contributed by atoms with Crippen LogP contribution in [0, 0.1) is 0 Å². The Morgan fingerprint density at radius 3 is 1.69 bits per heavy atom. The molecule has 0 spiro atoms. The van der Waals surface area contributed by atoms with E-state index >= 15 is 0 Å². The smallest absolute Gasteiger partial charge is 0.322 e. The number of hydrogen-bond donors (Lipinski definition) is 8. The van der Waals surface area contributed by atoms with Crippen LogP contribution >= 0.6 is 0 Å². The summed E-state index contributed by atoms with van der Waals surface area (Å²) in [5.41, 5.74) is 7.75. The van der Waals surface area contributed by atoms with E-state index in [2.05, 4.69) is 45.9 Å². The van der Waals surface area contributed by atoms with Gasteiger partial charge in [0, 0.05) is 54.9 Å². The normalized spacial score (nSPS) is 13.4. The number of aliphatic carboxylic acids is 1. The van der Waals surface area contributed by atoms with Crippen LogP contribution in [0.3, 0.4) is 0 Å². The van der Waals surface area contributed by atoms with Gasteiger partial charge in [0.15, 0.2) is 0 Å². The molecule has 0 aliphatic rings. The number of rotatable bonds is 13. The van der Waals surface area contributed by atoms with E-state index in [0.29, 0.717) is 17.1 Å². The number of aromatic amines is 3. The van der Waals surface area contributed by atoms with Crippen molar-refractivity contribution in [3.8, 4) is 0 Å². The summed E-state index contributed by atoms with van der Waals surface area (Å²) in [5.74, 6) is -3.20. The summed E-state index contributed by atoms with van der Waals surface area (Å²) < 4.78 is 0. The van der Waals surface area contributed by atoms with E-state index in [1.807, 2.05) is 0 Å². The maximum Gasteiger partial charge on any atom is 0.322 e. The lowest BCUT2D eigenvalue weighted by atomic mass is 10.1. The van der Waals surface area contributed by atoms with Crippen LogP contribution in [0.5, 0.6) is 0 Å². The molecular formula is C20H26N10O5. The minimum atomic E-state index is -1.24. The lowest BCUT2D eigenvalue weighted by molar-refractivity contribution is -0.138. The van der Waals surface area contributed by atoms with Gasteiger partial charge in [-0.2, -0.15) is 0 Å². The van der Waals surface area contributed by atoms with Crippen LogP contribution in [0.2, 0.25) is 0 Å². The highest BCUT2D eigenvalue weighted by Crippen LogP contribution is 2.05. The molecule has 0 aromatic carbocycles. The molecule has 3 aromatic rings. The molecule has 35 heavy (non-hydrogen) atoms. The Morgan fingerprint density at radius 1 is 0.771 bits per heavy atom. The number of nitrogens with two attached hydrogens (primary N) is 1. The Bertz CT molecular complexity index is 1100. The van der Waals surface area contributed by atoms with Gasteiger partial charge in [0.1, 0.15) is 18.6 Å². The van der Waals surface area contributed by atoms with E-state index in [4.69, 9.17) is 10.8 Å². The zero-order valence-corrected chi connectivity index (χ0v) is 18.5. The zero-order chi connectivity index (χ0) is 25.2. The standard InChI is InChI=1S/C20H26N10O5/c21-14(1-11-4-22-8-26-11)18(33)29-16(3-13-6-24-10-28-13)20(35)30-15(2-12-5-23-9-27-12)19(34)25-7-17(31)32/h4-6,8-10,14-16H,1-3,7,21H2,(H,22,26)(H,23,27)(H,24,28)(H,25,34)(H,29,33)(H,30,35)(H,31,32)/t14-,15-,16-/m0/s1. The van der Waals surface area contributed by atoms with Gasteiger partial charge >= 0.3 is 5.97 Å². The summed E-state index contributed by atoms with van der Waals surface area (Å²) in [6, 6.07) is -3.21. The molecule has 3 rings (SSSR count). The second kappa shape index (κ2) is 12.1. The Morgan fingerprint density at radius 2 is 1.23 bits per heavy atom. The summed E-state index contributed by atoms with van der Waals surface area (Å²) in [4.78, 5) is 69.6. The highest BCUT2D eigenvalue weighted by molar-refractivity contribution is 5.94. The van der Waals surface area contributed by atoms with Gasteiger partial charge in [-0.25, -0.2) is 15.0 Å². The monoisotopic (exact) mass is 486 g/mol. The molecule has 0 fully saturated rings. The van der Waals surface area contributed by atoms with Crippen molar-refractivity contribution < 1.29 is 24.3 Å². The van der Waals surface area contributed by atoms with E-state index in [-0.39, 0.29) is 19.3 Å². The minimum absolute atomic E-state index is 0.0151. The van der Waals surface area contributed by atoms with Crippen LogP contribution in [0.15, 0.2) is 37.6 Å². The molecule has 0 bridgehead atoms. The van der Waals surface area contributed by atoms with Crippen LogP contribution in [0.25, 0.3) is 0 Å². The molecule has 3 heterocycles. The predicted octanol–water partition coefficient (Wildman–Crippen LogP) is -2.62. The first-order chi connectivity index (χ1) is 16.8. The van der Waals surface area contributed by atoms with Gasteiger partial charge in [-0.05, 0) is 0 Å². The van der Waals surface area contributed by atoms with Crippen molar-refractivity contribution in [2.24, 2.45) is 5.73 Å². The van der Waals surface area contributed by atoms with Crippen molar-refractivity contribution in [2.45, 2.75) is 37.4 Å². The lowest BCUT2D eigenvalue weighted by Crippen LogP contribution is -2.57. The van der Waals surface area contributed by atoms with Crippen molar-refractivity contribution in [2.75, 3.05) is 6.54 Å². The number of carboxylic acid groups (broad SMARTS) is 1. The highest BCUT2D eigenvalue weighted by Gasteiger charge is 2.29. The van der Waals surface area contributed by atoms with Gasteiger partial charge in [-0.1, -0.05) is 0 Å². The fourth-order valence-corrected chi connectivity index (χ4v) is 3.21. The average molecular weight is 486 g/mol. The van der Waals surface area contributed by atoms with Crippen molar-refractivity contribution >= 4 is 23.7 Å². The maximum atomic E-state index is 13.2. The van der Waals surface area contributed by atoms with E-state index < -0.39 is 48.4 Å². The first-order valence-corrected chi connectivity index (χ1v) is 10.6. The van der Waals surface area contributed by atoms with Crippen LogP contribution < -0.4 is 21.7 Å². The molecule has 0 saturated heterocycles. The third-order valence-corrected chi connectivity index (χ3v) is 4.97. The number of nitrogens with one attached hydrogen (secondary N) is 6. The SMILES string of the molecule is N[C@@H](Cc1cnc[nH]1)C(=O)N[C@@H](Cc1cnc[nH]1)C(=O)N[C@@H](Cc1cnc[nH]1)C(=O)NCC(=O)O. The van der Waals surface area contributed by atoms with Gasteiger partial charge < -0.3 is 41.7 Å². The van der Waals surface area contributed by atoms with Crippen LogP contribution in [0.1, 0.15) is 17.1 Å². The summed E-state index contributed by atoms with van der Waals surface area (Å²) in [6.07, 6.45) is 9.04. The molecule has 9 N–H and O–H groups in total. The topological polar surface area (TPSA) is 237 Å². The summed E-state index contributed by atoms with van der Waals surface area (Å²) in [7, 11) is 0. The van der Waals surface area contributed by atoms with Crippen molar-refractivity contribution in [1.82, 2.24) is 45.9 Å². The first kappa shape index (κ1) is 25.1. The molecule has 15 heteroatoms. The molecule has 0 aliphatic carbocycles. The van der Waals surface area contributed by atoms with Gasteiger partial charge in [0.2, 0.25) is 17.7 Å². The fourth-order valence-electron chi connectivity index (χ4n) is 3.21.